The average molecular weight is 268 g/mol. The van der Waals surface area contributed by atoms with E-state index in [0.717, 1.165) is 0 Å². The Morgan fingerprint density at radius 3 is 2.12 bits per heavy atom. The van der Waals surface area contributed by atoms with Gasteiger partial charge in [0.15, 0.2) is 6.17 Å². The Labute approximate surface area is 94.6 Å². The lowest BCUT2D eigenvalue weighted by molar-refractivity contribution is -0.277. The molecule has 0 spiro atoms. The van der Waals surface area contributed by atoms with Crippen molar-refractivity contribution < 1.29 is 36.2 Å². The molecule has 0 saturated heterocycles. The largest absolute Gasteiger partial charge is 0.394 e. The Bertz CT molecular complexity index is 206. The predicted molar refractivity (Wildman–Crippen MR) is 47.4 cm³/mol. The number of aliphatic hydroxyl groups is 1. The highest BCUT2D eigenvalue weighted by Gasteiger charge is 2.41. The number of aliphatic hydroxyl groups excluding tert-OH is 1. The van der Waals surface area contributed by atoms with Crippen LogP contribution < -0.4 is 0 Å². The summed E-state index contributed by atoms with van der Waals surface area (Å²) in [7, 11) is 0. The molecule has 0 bridgehead atoms. The number of unbranched alkanes of at least 4 members (excludes halogenated alkanes) is 1. The monoisotopic (exact) mass is 268 g/mol. The summed E-state index contributed by atoms with van der Waals surface area (Å²) in [6.07, 6.45) is -13.6. The molecule has 104 valence electrons. The lowest BCUT2D eigenvalue weighted by Crippen LogP contribution is -2.34. The quantitative estimate of drug-likeness (QED) is 0.541. The van der Waals surface area contributed by atoms with Crippen molar-refractivity contribution in [2.75, 3.05) is 13.2 Å². The minimum absolute atomic E-state index is 0.307. The summed E-state index contributed by atoms with van der Waals surface area (Å²) >= 11 is 0. The highest BCUT2D eigenvalue weighted by Crippen LogP contribution is 2.28. The van der Waals surface area contributed by atoms with Crippen LogP contribution >= 0.6 is 0 Å². The first-order valence-corrected chi connectivity index (χ1v) is 5.02. The zero-order chi connectivity index (χ0) is 13.5. The summed E-state index contributed by atoms with van der Waals surface area (Å²) in [5, 5.41) is 8.21. The summed E-state index contributed by atoms with van der Waals surface area (Å²) in [6.45, 7) is -1.41. The number of halogens is 6. The van der Waals surface area contributed by atoms with E-state index in [4.69, 9.17) is 5.11 Å². The van der Waals surface area contributed by atoms with Gasteiger partial charge >= 0.3 is 12.3 Å². The third-order valence-electron chi connectivity index (χ3n) is 1.92. The van der Waals surface area contributed by atoms with Gasteiger partial charge in [0.1, 0.15) is 0 Å². The van der Waals surface area contributed by atoms with Gasteiger partial charge in [-0.2, -0.15) is 22.0 Å². The summed E-state index contributed by atoms with van der Waals surface area (Å²) in [4.78, 5) is 0. The second kappa shape index (κ2) is 7.05. The Kier molecular flexibility index (Phi) is 6.84. The molecule has 8 heteroatoms. The van der Waals surface area contributed by atoms with Crippen LogP contribution in [0.15, 0.2) is 0 Å². The lowest BCUT2D eigenvalue weighted by atomic mass is 10.1. The van der Waals surface area contributed by atoms with E-state index in [-0.39, 0.29) is 6.42 Å². The fraction of sp³-hybridized carbons (Fsp3) is 1.00. The van der Waals surface area contributed by atoms with Crippen molar-refractivity contribution >= 4 is 0 Å². The molecule has 1 N–H and O–H groups in total. The van der Waals surface area contributed by atoms with Gasteiger partial charge in [0.2, 0.25) is 0 Å². The fourth-order valence-corrected chi connectivity index (χ4v) is 1.09. The molecular weight excluding hydrogens is 254 g/mol. The van der Waals surface area contributed by atoms with E-state index in [1.165, 1.54) is 0 Å². The number of hydrogen-bond acceptors (Lipinski definition) is 2. The van der Waals surface area contributed by atoms with Crippen LogP contribution in [0.3, 0.4) is 0 Å². The normalized spacial score (nSPS) is 15.0. The molecule has 0 aliphatic rings. The third-order valence-corrected chi connectivity index (χ3v) is 1.92. The van der Waals surface area contributed by atoms with E-state index >= 15 is 0 Å². The van der Waals surface area contributed by atoms with Crippen LogP contribution in [0.25, 0.3) is 0 Å². The summed E-state index contributed by atoms with van der Waals surface area (Å²) in [5.74, 6) is 0. The van der Waals surface area contributed by atoms with Crippen molar-refractivity contribution in [2.45, 2.75) is 44.1 Å². The van der Waals surface area contributed by atoms with Gasteiger partial charge < -0.3 is 9.84 Å². The van der Waals surface area contributed by atoms with Gasteiger partial charge in [0.25, 0.3) is 0 Å². The summed E-state index contributed by atoms with van der Waals surface area (Å²) < 4.78 is 77.2. The highest BCUT2D eigenvalue weighted by atomic mass is 19.4. The molecule has 0 aromatic heterocycles. The van der Waals surface area contributed by atoms with Crippen molar-refractivity contribution in [3.8, 4) is 0 Å². The fourth-order valence-electron chi connectivity index (χ4n) is 1.09. The first kappa shape index (κ1) is 16.5. The van der Waals surface area contributed by atoms with Crippen LogP contribution in [0.1, 0.15) is 25.7 Å². The van der Waals surface area contributed by atoms with Gasteiger partial charge in [-0.05, 0) is 19.3 Å². The van der Waals surface area contributed by atoms with Gasteiger partial charge in [0.05, 0.1) is 13.2 Å². The molecule has 0 fully saturated rings. The van der Waals surface area contributed by atoms with Crippen LogP contribution in [-0.2, 0) is 4.74 Å². The Morgan fingerprint density at radius 2 is 1.65 bits per heavy atom. The second-order valence-corrected chi connectivity index (χ2v) is 3.46. The second-order valence-electron chi connectivity index (χ2n) is 3.46. The predicted octanol–water partition coefficient (Wildman–Crippen LogP) is 3.05. The van der Waals surface area contributed by atoms with Gasteiger partial charge in [-0.3, -0.25) is 0 Å². The molecule has 0 aromatic rings. The number of rotatable bonds is 8. The van der Waals surface area contributed by atoms with E-state index in [1.54, 1.807) is 0 Å². The third kappa shape index (κ3) is 8.25. The smallest absolute Gasteiger partial charge is 0.389 e. The lowest BCUT2D eigenvalue weighted by Gasteiger charge is -2.20. The molecule has 17 heavy (non-hydrogen) atoms. The number of alkyl halides is 6. The number of ether oxygens (including phenoxy) is 1. The summed E-state index contributed by atoms with van der Waals surface area (Å²) in [5.41, 5.74) is 0. The molecule has 0 aromatic carbocycles. The molecule has 0 rings (SSSR count). The van der Waals surface area contributed by atoms with E-state index in [2.05, 4.69) is 4.74 Å². The first-order valence-electron chi connectivity index (χ1n) is 5.02. The molecule has 2 nitrogen and oxygen atoms in total. The van der Waals surface area contributed by atoms with Gasteiger partial charge in [-0.25, -0.2) is 4.39 Å². The minimum atomic E-state index is -4.36. The van der Waals surface area contributed by atoms with Crippen molar-refractivity contribution in [3.63, 3.8) is 0 Å². The SMILES string of the molecule is OCCOC(F)(F)C(F)CCCCC(F)(F)F. The van der Waals surface area contributed by atoms with Gasteiger partial charge in [-0.1, -0.05) is 0 Å². The van der Waals surface area contributed by atoms with E-state index in [0.29, 0.717) is 0 Å². The molecule has 1 atom stereocenters. The summed E-state index contributed by atoms with van der Waals surface area (Å²) in [6, 6.07) is 0. The zero-order valence-electron chi connectivity index (χ0n) is 8.94. The van der Waals surface area contributed by atoms with Crippen molar-refractivity contribution in [3.05, 3.63) is 0 Å². The zero-order valence-corrected chi connectivity index (χ0v) is 8.94. The molecular formula is C9H14F6O2. The number of hydrogen-bond donors (Lipinski definition) is 1. The minimum Gasteiger partial charge on any atom is -0.394 e. The van der Waals surface area contributed by atoms with Crippen LogP contribution in [0, 0.1) is 0 Å². The Morgan fingerprint density at radius 1 is 1.06 bits per heavy atom. The average Bonchev–Trinajstić information content (AvgIpc) is 2.19. The Balaban J connectivity index is 3.80. The molecule has 0 radical (unpaired) electrons. The molecule has 0 heterocycles. The van der Waals surface area contributed by atoms with Crippen molar-refractivity contribution in [2.24, 2.45) is 0 Å². The van der Waals surface area contributed by atoms with Crippen molar-refractivity contribution in [1.82, 2.24) is 0 Å². The van der Waals surface area contributed by atoms with Crippen LogP contribution in [0.2, 0.25) is 0 Å². The maximum atomic E-state index is 12.9. The topological polar surface area (TPSA) is 29.5 Å². The maximum Gasteiger partial charge on any atom is 0.389 e. The molecule has 0 aliphatic carbocycles. The van der Waals surface area contributed by atoms with Crippen LogP contribution in [0.5, 0.6) is 0 Å². The van der Waals surface area contributed by atoms with Crippen LogP contribution in [0.4, 0.5) is 26.3 Å². The van der Waals surface area contributed by atoms with E-state index < -0.39 is 50.9 Å². The molecule has 0 saturated carbocycles. The van der Waals surface area contributed by atoms with Gasteiger partial charge in [-0.15, -0.1) is 0 Å². The molecule has 0 aliphatic heterocycles. The first-order chi connectivity index (χ1) is 7.69. The Hall–Kier alpha value is -0.500. The van der Waals surface area contributed by atoms with Crippen molar-refractivity contribution in [1.29, 1.82) is 0 Å². The molecule has 0 amide bonds. The van der Waals surface area contributed by atoms with E-state index in [1.807, 2.05) is 0 Å². The van der Waals surface area contributed by atoms with Crippen LogP contribution in [-0.4, -0.2) is 36.8 Å². The standard InChI is InChI=1S/C9H14F6O2/c10-7(9(14,15)17-6-5-16)3-1-2-4-8(11,12)13/h7,16H,1-6H2. The van der Waals surface area contributed by atoms with E-state index in [9.17, 15) is 26.3 Å². The van der Waals surface area contributed by atoms with Gasteiger partial charge in [0, 0.05) is 6.42 Å². The molecule has 1 unspecified atom stereocenters. The maximum absolute atomic E-state index is 12.9. The highest BCUT2D eigenvalue weighted by molar-refractivity contribution is 4.68.